The van der Waals surface area contributed by atoms with Crippen molar-refractivity contribution in [2.24, 2.45) is 0 Å². The molecule has 0 fully saturated rings. The highest BCUT2D eigenvalue weighted by Crippen LogP contribution is 2.40. The number of carbonyl (C=O) groups is 2. The van der Waals surface area contributed by atoms with Gasteiger partial charge in [-0.05, 0) is 74.2 Å². The van der Waals surface area contributed by atoms with E-state index >= 15 is 0 Å². The van der Waals surface area contributed by atoms with Gasteiger partial charge < -0.3 is 41.8 Å². The van der Waals surface area contributed by atoms with Crippen LogP contribution in [-0.4, -0.2) is 48.3 Å². The summed E-state index contributed by atoms with van der Waals surface area (Å²) >= 11 is 0. The van der Waals surface area contributed by atoms with Gasteiger partial charge in [0.2, 0.25) is 0 Å². The van der Waals surface area contributed by atoms with Crippen LogP contribution in [0.2, 0.25) is 0 Å². The van der Waals surface area contributed by atoms with Gasteiger partial charge >= 0.3 is 11.9 Å². The van der Waals surface area contributed by atoms with E-state index in [4.69, 9.17) is 20.9 Å². The van der Waals surface area contributed by atoms with Gasteiger partial charge in [0.15, 0.2) is 0 Å². The van der Waals surface area contributed by atoms with Gasteiger partial charge in [0.1, 0.15) is 23.7 Å². The second-order valence-electron chi connectivity index (χ2n) is 9.05. The van der Waals surface area contributed by atoms with Gasteiger partial charge in [-0.15, -0.1) is 0 Å². The van der Waals surface area contributed by atoms with Crippen molar-refractivity contribution in [3.8, 4) is 11.5 Å². The number of rotatable bonds is 6. The number of phenolic OH excluding ortho intramolecular Hbond substituents is 2. The Bertz CT molecular complexity index is 1110. The summed E-state index contributed by atoms with van der Waals surface area (Å²) in [4.78, 5) is 25.3. The Morgan fingerprint density at radius 3 is 1.56 bits per heavy atom. The van der Waals surface area contributed by atoms with Crippen molar-refractivity contribution >= 4 is 23.3 Å². The topological polar surface area (TPSA) is 169 Å². The normalized spacial score (nSPS) is 23.1. The van der Waals surface area contributed by atoms with E-state index in [1.54, 1.807) is 26.2 Å². The van der Waals surface area contributed by atoms with Crippen LogP contribution in [0.15, 0.2) is 36.4 Å². The molecule has 10 nitrogen and oxygen atoms in total. The lowest BCUT2D eigenvalue weighted by molar-refractivity contribution is -0.148. The maximum Gasteiger partial charge on any atom is 0.331 e. The second kappa shape index (κ2) is 10.5. The second-order valence-corrected chi connectivity index (χ2v) is 9.05. The first-order valence-corrected chi connectivity index (χ1v) is 11.9. The summed E-state index contributed by atoms with van der Waals surface area (Å²) in [5.41, 5.74) is 15.6. The number of hydrogen-bond donors (Lipinski definition) is 6. The molecule has 0 radical (unpaired) electrons. The number of anilines is 2. The van der Waals surface area contributed by atoms with E-state index in [0.29, 0.717) is 25.7 Å². The van der Waals surface area contributed by atoms with E-state index in [0.717, 1.165) is 34.4 Å². The molecule has 36 heavy (non-hydrogen) atoms. The molecule has 8 N–H and O–H groups in total. The molecule has 10 heteroatoms. The van der Waals surface area contributed by atoms with Crippen molar-refractivity contribution in [2.75, 3.05) is 25.6 Å². The largest absolute Gasteiger partial charge is 0.506 e. The maximum atomic E-state index is 12.7. The monoisotopic (exact) mass is 496 g/mol. The molecule has 0 amide bonds. The third kappa shape index (κ3) is 4.82. The predicted molar refractivity (Wildman–Crippen MR) is 134 cm³/mol. The molecule has 4 unspecified atom stereocenters. The Balaban J connectivity index is 1.47. The fraction of sp³-hybridized carbons (Fsp3) is 0.385. The summed E-state index contributed by atoms with van der Waals surface area (Å²) in [6, 6.07) is 6.05. The SMILES string of the molecule is CNC1CCc2c(ccc(O)c2N)C1OC(=O)/C=C/C(=O)OC1c2ccc(O)c(N)c2CCC1NC. The van der Waals surface area contributed by atoms with Crippen LogP contribution in [0.25, 0.3) is 0 Å². The Hall–Kier alpha value is -3.76. The van der Waals surface area contributed by atoms with Crippen LogP contribution in [0.4, 0.5) is 11.4 Å². The van der Waals surface area contributed by atoms with Crippen molar-refractivity contribution in [3.05, 3.63) is 58.7 Å². The summed E-state index contributed by atoms with van der Waals surface area (Å²) in [7, 11) is 3.56. The van der Waals surface area contributed by atoms with Crippen LogP contribution in [0.1, 0.15) is 47.3 Å². The van der Waals surface area contributed by atoms with Crippen LogP contribution in [0.3, 0.4) is 0 Å². The Morgan fingerprint density at radius 1 is 0.806 bits per heavy atom. The number of nitrogens with two attached hydrogens (primary N) is 2. The summed E-state index contributed by atoms with van der Waals surface area (Å²) in [5.74, 6) is -1.43. The lowest BCUT2D eigenvalue weighted by Gasteiger charge is -2.33. The van der Waals surface area contributed by atoms with E-state index in [2.05, 4.69) is 10.6 Å². The first kappa shape index (κ1) is 25.3. The zero-order valence-electron chi connectivity index (χ0n) is 20.3. The minimum atomic E-state index is -0.708. The number of aromatic hydroxyl groups is 2. The Kier molecular flexibility index (Phi) is 7.37. The average Bonchev–Trinajstić information content (AvgIpc) is 2.87. The van der Waals surface area contributed by atoms with Crippen molar-refractivity contribution < 1.29 is 29.3 Å². The molecule has 0 spiro atoms. The number of fused-ring (bicyclic) bond motifs is 2. The Morgan fingerprint density at radius 2 is 1.19 bits per heavy atom. The average molecular weight is 497 g/mol. The summed E-state index contributed by atoms with van der Waals surface area (Å²) in [6.07, 6.45) is 3.39. The predicted octanol–water partition coefficient (Wildman–Crippen LogP) is 1.76. The van der Waals surface area contributed by atoms with E-state index in [-0.39, 0.29) is 35.0 Å². The van der Waals surface area contributed by atoms with Crippen LogP contribution < -0.4 is 22.1 Å². The molecule has 2 aliphatic rings. The van der Waals surface area contributed by atoms with E-state index < -0.39 is 24.1 Å². The smallest absolute Gasteiger partial charge is 0.331 e. The van der Waals surface area contributed by atoms with Crippen molar-refractivity contribution in [2.45, 2.75) is 50.0 Å². The van der Waals surface area contributed by atoms with Gasteiger partial charge in [-0.1, -0.05) is 12.1 Å². The molecular formula is C26H32N4O6. The van der Waals surface area contributed by atoms with Gasteiger partial charge in [-0.2, -0.15) is 0 Å². The molecule has 0 saturated carbocycles. The lowest BCUT2D eigenvalue weighted by atomic mass is 9.84. The minimum Gasteiger partial charge on any atom is -0.506 e. The van der Waals surface area contributed by atoms with Crippen LogP contribution in [0, 0.1) is 0 Å². The molecule has 2 aromatic rings. The quantitative estimate of drug-likeness (QED) is 0.150. The van der Waals surface area contributed by atoms with E-state index in [1.807, 2.05) is 0 Å². The number of esters is 2. The standard InChI is InChI=1S/C26H32N4O6/c1-29-17-7-3-13-15(5-9-19(31)23(13)27)25(17)35-21(33)11-12-22(34)36-26-16-6-10-20(32)24(28)14(16)4-8-18(26)30-2/h5-6,9-12,17-18,25-26,29-32H,3-4,7-8,27-28H2,1-2H3/b12-11+. The van der Waals surface area contributed by atoms with Gasteiger partial charge in [-0.25, -0.2) is 9.59 Å². The molecule has 0 saturated heterocycles. The first-order valence-electron chi connectivity index (χ1n) is 11.9. The highest BCUT2D eigenvalue weighted by Gasteiger charge is 2.34. The highest BCUT2D eigenvalue weighted by molar-refractivity contribution is 5.92. The van der Waals surface area contributed by atoms with Crippen LogP contribution in [0.5, 0.6) is 11.5 Å². The number of likely N-dealkylation sites (N-methyl/N-ethyl adjacent to an activating group) is 2. The molecule has 2 aromatic carbocycles. The number of ether oxygens (including phenoxy) is 2. The van der Waals surface area contributed by atoms with Crippen LogP contribution in [-0.2, 0) is 31.9 Å². The van der Waals surface area contributed by atoms with Gasteiger partial charge in [0.25, 0.3) is 0 Å². The third-order valence-corrected chi connectivity index (χ3v) is 7.08. The van der Waals surface area contributed by atoms with E-state index in [9.17, 15) is 19.8 Å². The number of benzene rings is 2. The number of phenols is 2. The summed E-state index contributed by atoms with van der Waals surface area (Å²) in [6.45, 7) is 0. The fourth-order valence-electron chi connectivity index (χ4n) is 5.11. The third-order valence-electron chi connectivity index (χ3n) is 7.08. The molecular weight excluding hydrogens is 464 g/mol. The van der Waals surface area contributed by atoms with Gasteiger partial charge in [0, 0.05) is 24.2 Å². The molecule has 2 aliphatic carbocycles. The number of hydrogen-bond acceptors (Lipinski definition) is 10. The maximum absolute atomic E-state index is 12.7. The van der Waals surface area contributed by atoms with Gasteiger partial charge in [0.05, 0.1) is 11.4 Å². The number of carbonyl (C=O) groups excluding carboxylic acids is 2. The minimum absolute atomic E-state index is 0.00879. The number of nitrogen functional groups attached to an aromatic ring is 2. The van der Waals surface area contributed by atoms with Crippen LogP contribution >= 0.6 is 0 Å². The molecule has 4 rings (SSSR count). The molecule has 0 aromatic heterocycles. The summed E-state index contributed by atoms with van der Waals surface area (Å²) < 4.78 is 11.4. The van der Waals surface area contributed by atoms with E-state index in [1.165, 1.54) is 12.1 Å². The first-order chi connectivity index (χ1) is 17.2. The zero-order chi connectivity index (χ0) is 26.0. The molecule has 0 aliphatic heterocycles. The molecule has 4 atom stereocenters. The van der Waals surface area contributed by atoms with Crippen molar-refractivity contribution in [1.82, 2.24) is 10.6 Å². The zero-order valence-corrected chi connectivity index (χ0v) is 20.3. The lowest BCUT2D eigenvalue weighted by Crippen LogP contribution is -2.38. The highest BCUT2D eigenvalue weighted by atomic mass is 16.6. The molecule has 0 bridgehead atoms. The molecule has 192 valence electrons. The fourth-order valence-corrected chi connectivity index (χ4v) is 5.11. The van der Waals surface area contributed by atoms with Gasteiger partial charge in [-0.3, -0.25) is 0 Å². The molecule has 0 heterocycles. The summed E-state index contributed by atoms with van der Waals surface area (Å²) in [5, 5.41) is 26.2. The van der Waals surface area contributed by atoms with Crippen molar-refractivity contribution in [1.29, 1.82) is 0 Å². The van der Waals surface area contributed by atoms with Crippen molar-refractivity contribution in [3.63, 3.8) is 0 Å². The number of nitrogens with one attached hydrogen (secondary N) is 2. The Labute approximate surface area is 209 Å².